The van der Waals surface area contributed by atoms with E-state index >= 15 is 0 Å². The van der Waals surface area contributed by atoms with Gasteiger partial charge in [-0.3, -0.25) is 4.98 Å². The van der Waals surface area contributed by atoms with Crippen molar-refractivity contribution in [2.75, 3.05) is 0 Å². The van der Waals surface area contributed by atoms with Crippen LogP contribution in [0.5, 0.6) is 0 Å². The first kappa shape index (κ1) is 9.82. The highest BCUT2D eigenvalue weighted by Gasteiger charge is 2.04. The van der Waals surface area contributed by atoms with E-state index in [9.17, 15) is 0 Å². The fourth-order valence-corrected chi connectivity index (χ4v) is 2.04. The normalized spacial score (nSPS) is 11.1. The number of nitrogens with zero attached hydrogens (tertiary/aromatic N) is 2. The second-order valence-electron chi connectivity index (χ2n) is 3.49. The summed E-state index contributed by atoms with van der Waals surface area (Å²) in [6.45, 7) is 0. The van der Waals surface area contributed by atoms with E-state index in [2.05, 4.69) is 9.97 Å². The third kappa shape index (κ3) is 1.51. The van der Waals surface area contributed by atoms with Crippen molar-refractivity contribution in [3.05, 3.63) is 46.7 Å². The predicted octanol–water partition coefficient (Wildman–Crippen LogP) is 4.09. The van der Waals surface area contributed by atoms with Gasteiger partial charge < -0.3 is 0 Å². The molecule has 0 bridgehead atoms. The molecule has 2 nitrogen and oxygen atoms in total. The molecule has 0 radical (unpaired) electrons. The lowest BCUT2D eigenvalue weighted by atomic mass is 10.1. The molecule has 0 aliphatic carbocycles. The van der Waals surface area contributed by atoms with Crippen molar-refractivity contribution in [3.63, 3.8) is 0 Å². The molecule has 16 heavy (non-hydrogen) atoms. The Bertz CT molecular complexity index is 634. The van der Waals surface area contributed by atoms with E-state index in [1.807, 2.05) is 24.3 Å². The van der Waals surface area contributed by atoms with Crippen molar-refractivity contribution in [1.29, 1.82) is 0 Å². The summed E-state index contributed by atoms with van der Waals surface area (Å²) in [5.74, 6) is 0. The Morgan fingerprint density at radius 2 is 1.81 bits per heavy atom. The molecule has 2 aromatic heterocycles. The van der Waals surface area contributed by atoms with Crippen molar-refractivity contribution >= 4 is 45.0 Å². The largest absolute Gasteiger partial charge is 0.255 e. The van der Waals surface area contributed by atoms with Crippen LogP contribution >= 0.6 is 23.2 Å². The van der Waals surface area contributed by atoms with E-state index in [4.69, 9.17) is 23.2 Å². The number of benzene rings is 1. The lowest BCUT2D eigenvalue weighted by Gasteiger charge is -2.03. The van der Waals surface area contributed by atoms with E-state index in [-0.39, 0.29) is 0 Å². The van der Waals surface area contributed by atoms with Crippen LogP contribution in [0.4, 0.5) is 0 Å². The van der Waals surface area contributed by atoms with Crippen molar-refractivity contribution in [3.8, 4) is 0 Å². The molecule has 0 saturated heterocycles. The first-order chi connectivity index (χ1) is 7.74. The van der Waals surface area contributed by atoms with E-state index in [1.54, 1.807) is 12.3 Å². The van der Waals surface area contributed by atoms with E-state index in [1.165, 1.54) is 0 Å². The molecule has 0 aliphatic rings. The van der Waals surface area contributed by atoms with Gasteiger partial charge in [0.2, 0.25) is 0 Å². The summed E-state index contributed by atoms with van der Waals surface area (Å²) in [7, 11) is 0. The highest BCUT2D eigenvalue weighted by atomic mass is 35.5. The molecule has 0 atom stereocenters. The van der Waals surface area contributed by atoms with Crippen LogP contribution in [0.25, 0.3) is 21.8 Å². The molecule has 0 spiro atoms. The molecule has 4 heteroatoms. The SMILES string of the molecule is Clc1cnc2ccc3ccc(Cl)nc3c2c1. The molecule has 1 aromatic carbocycles. The minimum Gasteiger partial charge on any atom is -0.255 e. The second kappa shape index (κ2) is 3.58. The van der Waals surface area contributed by atoms with Gasteiger partial charge >= 0.3 is 0 Å². The molecule has 78 valence electrons. The van der Waals surface area contributed by atoms with Gasteiger partial charge in [0, 0.05) is 17.0 Å². The monoisotopic (exact) mass is 248 g/mol. The Morgan fingerprint density at radius 1 is 1.00 bits per heavy atom. The fourth-order valence-electron chi connectivity index (χ4n) is 1.74. The molecule has 0 N–H and O–H groups in total. The summed E-state index contributed by atoms with van der Waals surface area (Å²) in [5.41, 5.74) is 1.70. The Kier molecular flexibility index (Phi) is 2.20. The fraction of sp³-hybridized carbons (Fsp3) is 0. The van der Waals surface area contributed by atoms with Gasteiger partial charge in [-0.25, -0.2) is 4.98 Å². The predicted molar refractivity (Wildman–Crippen MR) is 67.1 cm³/mol. The first-order valence-corrected chi connectivity index (χ1v) is 5.50. The van der Waals surface area contributed by atoms with Crippen molar-refractivity contribution in [1.82, 2.24) is 9.97 Å². The molecule has 2 heterocycles. The van der Waals surface area contributed by atoms with E-state index in [0.29, 0.717) is 10.2 Å². The smallest absolute Gasteiger partial charge is 0.129 e. The van der Waals surface area contributed by atoms with Gasteiger partial charge in [-0.1, -0.05) is 29.3 Å². The van der Waals surface area contributed by atoms with Gasteiger partial charge in [0.15, 0.2) is 0 Å². The quantitative estimate of drug-likeness (QED) is 0.443. The second-order valence-corrected chi connectivity index (χ2v) is 4.32. The number of hydrogen-bond donors (Lipinski definition) is 0. The third-order valence-electron chi connectivity index (χ3n) is 2.45. The Hall–Kier alpha value is -1.38. The van der Waals surface area contributed by atoms with Crippen molar-refractivity contribution < 1.29 is 0 Å². The summed E-state index contributed by atoms with van der Waals surface area (Å²) in [6, 6.07) is 9.49. The summed E-state index contributed by atoms with van der Waals surface area (Å²) in [6.07, 6.45) is 1.63. The maximum absolute atomic E-state index is 5.94. The zero-order chi connectivity index (χ0) is 11.1. The maximum atomic E-state index is 5.94. The molecule has 0 unspecified atom stereocenters. The van der Waals surface area contributed by atoms with Crippen LogP contribution in [-0.4, -0.2) is 9.97 Å². The van der Waals surface area contributed by atoms with Gasteiger partial charge in [0.05, 0.1) is 16.1 Å². The van der Waals surface area contributed by atoms with Crippen LogP contribution < -0.4 is 0 Å². The molecular weight excluding hydrogens is 243 g/mol. The summed E-state index contributed by atoms with van der Waals surface area (Å²) >= 11 is 11.8. The van der Waals surface area contributed by atoms with Gasteiger partial charge in [-0.05, 0) is 24.3 Å². The Morgan fingerprint density at radius 3 is 2.69 bits per heavy atom. The summed E-state index contributed by atoms with van der Waals surface area (Å²) in [5, 5.41) is 3.02. The zero-order valence-corrected chi connectivity index (χ0v) is 9.63. The number of fused-ring (bicyclic) bond motifs is 3. The van der Waals surface area contributed by atoms with Crippen molar-refractivity contribution in [2.24, 2.45) is 0 Å². The Balaban J connectivity index is 2.55. The lowest BCUT2D eigenvalue weighted by molar-refractivity contribution is 1.39. The molecule has 0 amide bonds. The molecule has 0 saturated carbocycles. The molecule has 3 aromatic rings. The molecule has 3 rings (SSSR count). The van der Waals surface area contributed by atoms with Crippen LogP contribution in [0.15, 0.2) is 36.5 Å². The van der Waals surface area contributed by atoms with Gasteiger partial charge in [0.25, 0.3) is 0 Å². The number of pyridine rings is 2. The van der Waals surface area contributed by atoms with Crippen LogP contribution in [0.2, 0.25) is 10.2 Å². The molecular formula is C12H6Cl2N2. The minimum absolute atomic E-state index is 0.472. The molecule has 0 aliphatic heterocycles. The van der Waals surface area contributed by atoms with Crippen LogP contribution in [0, 0.1) is 0 Å². The Labute approximate surface area is 102 Å². The number of rotatable bonds is 0. The van der Waals surface area contributed by atoms with E-state index < -0.39 is 0 Å². The number of halogens is 2. The maximum Gasteiger partial charge on any atom is 0.129 e. The standard InChI is InChI=1S/C12H6Cl2N2/c13-8-5-9-10(15-6-8)3-1-7-2-4-11(14)16-12(7)9/h1-6H. The highest BCUT2D eigenvalue weighted by Crippen LogP contribution is 2.25. The van der Waals surface area contributed by atoms with Gasteiger partial charge in [-0.15, -0.1) is 0 Å². The van der Waals surface area contributed by atoms with Crippen LogP contribution in [0.1, 0.15) is 0 Å². The van der Waals surface area contributed by atoms with Crippen LogP contribution in [0.3, 0.4) is 0 Å². The lowest BCUT2D eigenvalue weighted by Crippen LogP contribution is -1.84. The average Bonchev–Trinajstić information content (AvgIpc) is 2.29. The topological polar surface area (TPSA) is 25.8 Å². The summed E-state index contributed by atoms with van der Waals surface area (Å²) in [4.78, 5) is 8.56. The minimum atomic E-state index is 0.472. The average molecular weight is 249 g/mol. The summed E-state index contributed by atoms with van der Waals surface area (Å²) < 4.78 is 0. The van der Waals surface area contributed by atoms with Crippen LogP contribution in [-0.2, 0) is 0 Å². The van der Waals surface area contributed by atoms with Gasteiger partial charge in [0.1, 0.15) is 5.15 Å². The number of hydrogen-bond acceptors (Lipinski definition) is 2. The van der Waals surface area contributed by atoms with E-state index in [0.717, 1.165) is 21.8 Å². The first-order valence-electron chi connectivity index (χ1n) is 4.74. The number of aromatic nitrogens is 2. The van der Waals surface area contributed by atoms with Gasteiger partial charge in [-0.2, -0.15) is 0 Å². The third-order valence-corrected chi connectivity index (χ3v) is 2.87. The zero-order valence-electron chi connectivity index (χ0n) is 8.11. The highest BCUT2D eigenvalue weighted by molar-refractivity contribution is 6.32. The molecule has 0 fully saturated rings. The van der Waals surface area contributed by atoms with Crippen molar-refractivity contribution in [2.45, 2.75) is 0 Å².